The van der Waals surface area contributed by atoms with Gasteiger partial charge in [-0.3, -0.25) is 9.59 Å². The van der Waals surface area contributed by atoms with Crippen LogP contribution in [0.1, 0.15) is 51.1 Å². The first-order valence-electron chi connectivity index (χ1n) is 11.4. The van der Waals surface area contributed by atoms with E-state index < -0.39 is 6.04 Å². The van der Waals surface area contributed by atoms with Crippen LogP contribution >= 0.6 is 23.1 Å². The Morgan fingerprint density at radius 2 is 2.03 bits per heavy atom. The Morgan fingerprint density at radius 1 is 1.28 bits per heavy atom. The van der Waals surface area contributed by atoms with Crippen molar-refractivity contribution in [2.24, 2.45) is 7.05 Å². The molecule has 1 atom stereocenters. The van der Waals surface area contributed by atoms with Crippen LogP contribution in [0.4, 0.5) is 5.00 Å². The second kappa shape index (κ2) is 11.6. The molecule has 10 nitrogen and oxygen atoms in total. The van der Waals surface area contributed by atoms with Gasteiger partial charge in [-0.25, -0.2) is 0 Å². The molecule has 0 radical (unpaired) electrons. The van der Waals surface area contributed by atoms with Gasteiger partial charge < -0.3 is 25.0 Å². The number of aliphatic hydroxyl groups is 1. The van der Waals surface area contributed by atoms with Gasteiger partial charge >= 0.3 is 0 Å². The molecule has 0 fully saturated rings. The van der Waals surface area contributed by atoms with Gasteiger partial charge in [0.1, 0.15) is 22.9 Å². The average molecular weight is 527 g/mol. The predicted octanol–water partition coefficient (Wildman–Crippen LogP) is 2.83. The Hall–Kier alpha value is -3.40. The van der Waals surface area contributed by atoms with E-state index >= 15 is 0 Å². The fourth-order valence-electron chi connectivity index (χ4n) is 4.00. The number of methoxy groups -OCH3 is 1. The maximum atomic E-state index is 12.6. The van der Waals surface area contributed by atoms with Gasteiger partial charge in [-0.2, -0.15) is 5.26 Å². The maximum Gasteiger partial charge on any atom is 0.251 e. The Morgan fingerprint density at radius 3 is 2.72 bits per heavy atom. The number of thiophene rings is 1. The van der Waals surface area contributed by atoms with Crippen molar-refractivity contribution in [3.05, 3.63) is 51.7 Å². The standard InChI is InChI=1S/C24H26N6O4S2/c1-30-21(18(12-31)26-22(33)14-7-9-15(34-2)10-8-14)28-29-24(30)35-13-20(32)27-23-17(11-25)16-5-3-4-6-19(16)36-23/h7-10,18,31H,3-6,12-13H2,1-2H3,(H,26,33)(H,27,32)/t18-/m1/s1. The number of thioether (sulfide) groups is 1. The molecule has 0 saturated carbocycles. The summed E-state index contributed by atoms with van der Waals surface area (Å²) < 4.78 is 6.74. The molecular weight excluding hydrogens is 500 g/mol. The van der Waals surface area contributed by atoms with Crippen molar-refractivity contribution in [2.75, 3.05) is 24.8 Å². The van der Waals surface area contributed by atoms with Crippen LogP contribution in [0.2, 0.25) is 0 Å². The number of aryl methyl sites for hydroxylation is 1. The van der Waals surface area contributed by atoms with Crippen LogP contribution in [0.3, 0.4) is 0 Å². The van der Waals surface area contributed by atoms with Gasteiger partial charge in [0.15, 0.2) is 11.0 Å². The van der Waals surface area contributed by atoms with Gasteiger partial charge in [0.05, 0.1) is 25.0 Å². The van der Waals surface area contributed by atoms with Gasteiger partial charge in [0.2, 0.25) is 5.91 Å². The molecule has 2 heterocycles. The number of ether oxygens (including phenoxy) is 1. The fourth-order valence-corrected chi connectivity index (χ4v) is 5.97. The van der Waals surface area contributed by atoms with E-state index in [0.29, 0.717) is 32.9 Å². The van der Waals surface area contributed by atoms with Crippen molar-refractivity contribution in [1.82, 2.24) is 20.1 Å². The molecular formula is C24H26N6O4S2. The smallest absolute Gasteiger partial charge is 0.251 e. The molecule has 0 saturated heterocycles. The summed E-state index contributed by atoms with van der Waals surface area (Å²) in [4.78, 5) is 26.4. The van der Waals surface area contributed by atoms with Crippen molar-refractivity contribution < 1.29 is 19.4 Å². The van der Waals surface area contributed by atoms with Gasteiger partial charge in [0.25, 0.3) is 5.91 Å². The molecule has 12 heteroatoms. The number of fused-ring (bicyclic) bond motifs is 1. The van der Waals surface area contributed by atoms with Crippen molar-refractivity contribution in [1.29, 1.82) is 5.26 Å². The molecule has 3 N–H and O–H groups in total. The van der Waals surface area contributed by atoms with E-state index in [1.54, 1.807) is 43.0 Å². The number of benzene rings is 1. The minimum Gasteiger partial charge on any atom is -0.497 e. The highest BCUT2D eigenvalue weighted by molar-refractivity contribution is 7.99. The summed E-state index contributed by atoms with van der Waals surface area (Å²) >= 11 is 2.67. The largest absolute Gasteiger partial charge is 0.497 e. The Balaban J connectivity index is 1.38. The lowest BCUT2D eigenvalue weighted by atomic mass is 9.96. The van der Waals surface area contributed by atoms with Crippen LogP contribution in [0.15, 0.2) is 29.4 Å². The lowest BCUT2D eigenvalue weighted by Crippen LogP contribution is -2.32. The van der Waals surface area contributed by atoms with E-state index in [9.17, 15) is 20.0 Å². The minimum absolute atomic E-state index is 0.0708. The number of carbonyl (C=O) groups is 2. The summed E-state index contributed by atoms with van der Waals surface area (Å²) in [5.74, 6) is 0.444. The molecule has 2 aromatic heterocycles. The van der Waals surface area contributed by atoms with Crippen molar-refractivity contribution in [3.63, 3.8) is 0 Å². The summed E-state index contributed by atoms with van der Waals surface area (Å²) in [7, 11) is 3.25. The quantitative estimate of drug-likeness (QED) is 0.361. The molecule has 36 heavy (non-hydrogen) atoms. The molecule has 2 amide bonds. The Bertz CT molecular complexity index is 1300. The molecule has 188 valence electrons. The number of aromatic nitrogens is 3. The second-order valence-corrected chi connectivity index (χ2v) is 10.2. The number of anilines is 1. The lowest BCUT2D eigenvalue weighted by molar-refractivity contribution is -0.113. The van der Waals surface area contributed by atoms with Gasteiger partial charge in [0, 0.05) is 17.5 Å². The third-order valence-electron chi connectivity index (χ3n) is 5.89. The number of nitrogens with one attached hydrogen (secondary N) is 2. The lowest BCUT2D eigenvalue weighted by Gasteiger charge is -2.16. The van der Waals surface area contributed by atoms with Crippen molar-refractivity contribution in [2.45, 2.75) is 36.9 Å². The van der Waals surface area contributed by atoms with E-state index in [1.807, 2.05) is 0 Å². The van der Waals surface area contributed by atoms with Gasteiger partial charge in [-0.15, -0.1) is 21.5 Å². The highest BCUT2D eigenvalue weighted by Gasteiger charge is 2.24. The van der Waals surface area contributed by atoms with Crippen molar-refractivity contribution >= 4 is 39.9 Å². The second-order valence-electron chi connectivity index (χ2n) is 8.20. The highest BCUT2D eigenvalue weighted by atomic mass is 32.2. The van der Waals surface area contributed by atoms with Crippen LogP contribution in [0.25, 0.3) is 0 Å². The number of hydrogen-bond donors (Lipinski definition) is 3. The van der Waals surface area contributed by atoms with E-state index in [4.69, 9.17) is 4.74 Å². The normalized spacial score (nSPS) is 13.4. The molecule has 0 bridgehead atoms. The summed E-state index contributed by atoms with van der Waals surface area (Å²) in [6.45, 7) is -0.376. The number of rotatable bonds is 9. The summed E-state index contributed by atoms with van der Waals surface area (Å²) in [6.07, 6.45) is 3.99. The molecule has 1 aliphatic rings. The van der Waals surface area contributed by atoms with E-state index in [1.165, 1.54) is 28.0 Å². The monoisotopic (exact) mass is 526 g/mol. The number of aliphatic hydroxyl groups excluding tert-OH is 1. The zero-order valence-electron chi connectivity index (χ0n) is 19.9. The zero-order valence-corrected chi connectivity index (χ0v) is 21.5. The fraction of sp³-hybridized carbons (Fsp3) is 0.375. The van der Waals surface area contributed by atoms with E-state index in [2.05, 4.69) is 26.9 Å². The van der Waals surface area contributed by atoms with Crippen LogP contribution < -0.4 is 15.4 Å². The minimum atomic E-state index is -0.782. The predicted molar refractivity (Wildman–Crippen MR) is 136 cm³/mol. The third kappa shape index (κ3) is 5.53. The maximum absolute atomic E-state index is 12.6. The molecule has 1 aromatic carbocycles. The number of carbonyl (C=O) groups excluding carboxylic acids is 2. The van der Waals surface area contributed by atoms with Gasteiger partial charge in [-0.05, 0) is 55.5 Å². The summed E-state index contributed by atoms with van der Waals surface area (Å²) in [6, 6.07) is 8.07. The number of nitrogens with zero attached hydrogens (tertiary/aromatic N) is 4. The Kier molecular flexibility index (Phi) is 8.25. The molecule has 0 unspecified atom stereocenters. The first-order valence-corrected chi connectivity index (χ1v) is 13.2. The number of nitriles is 1. The van der Waals surface area contributed by atoms with Crippen LogP contribution in [0.5, 0.6) is 5.75 Å². The number of hydrogen-bond acceptors (Lipinski definition) is 9. The topological polar surface area (TPSA) is 142 Å². The summed E-state index contributed by atoms with van der Waals surface area (Å²) in [5, 5.41) is 34.4. The molecule has 0 spiro atoms. The van der Waals surface area contributed by atoms with E-state index in [-0.39, 0.29) is 24.2 Å². The molecule has 3 aromatic rings. The average Bonchev–Trinajstić information content (AvgIpc) is 3.44. The SMILES string of the molecule is COc1ccc(C(=O)N[C@H](CO)c2nnc(SCC(=O)Nc3sc4c(c3C#N)CCCC4)n2C)cc1. The molecule has 4 rings (SSSR count). The molecule has 0 aliphatic heterocycles. The Labute approximate surface area is 216 Å². The first-order chi connectivity index (χ1) is 17.4. The first kappa shape index (κ1) is 25.7. The van der Waals surface area contributed by atoms with Crippen LogP contribution in [-0.2, 0) is 24.7 Å². The molecule has 1 aliphatic carbocycles. The van der Waals surface area contributed by atoms with Crippen molar-refractivity contribution in [3.8, 4) is 11.8 Å². The summed E-state index contributed by atoms with van der Waals surface area (Å²) in [5.41, 5.74) is 2.06. The number of amides is 2. The van der Waals surface area contributed by atoms with Gasteiger partial charge in [-0.1, -0.05) is 11.8 Å². The highest BCUT2D eigenvalue weighted by Crippen LogP contribution is 2.37. The van der Waals surface area contributed by atoms with E-state index in [0.717, 1.165) is 31.2 Å². The third-order valence-corrected chi connectivity index (χ3v) is 8.12. The zero-order chi connectivity index (χ0) is 25.7. The van der Waals surface area contributed by atoms with Crippen LogP contribution in [0, 0.1) is 11.3 Å². The van der Waals surface area contributed by atoms with Crippen LogP contribution in [-0.4, -0.2) is 51.2 Å².